The minimum absolute atomic E-state index is 0.427. The quantitative estimate of drug-likeness (QED) is 0.459. The van der Waals surface area contributed by atoms with Gasteiger partial charge >= 0.3 is 0 Å². The minimum atomic E-state index is 0.427. The van der Waals surface area contributed by atoms with Gasteiger partial charge in [0.2, 0.25) is 0 Å². The first-order valence-electron chi connectivity index (χ1n) is 2.61. The van der Waals surface area contributed by atoms with Crippen LogP contribution in [-0.2, 0) is 4.79 Å². The first kappa shape index (κ1) is 5.88. The molecule has 46 valence electrons. The molecule has 0 aliphatic carbocycles. The van der Waals surface area contributed by atoms with Crippen molar-refractivity contribution in [2.75, 3.05) is 6.54 Å². The van der Waals surface area contributed by atoms with Crippen molar-refractivity contribution in [2.45, 2.75) is 0 Å². The molecular weight excluding hydrogens is 116 g/mol. The molecule has 1 aliphatic rings. The van der Waals surface area contributed by atoms with E-state index >= 15 is 0 Å². The van der Waals surface area contributed by atoms with E-state index in [0.29, 0.717) is 18.5 Å². The molecule has 0 radical (unpaired) electrons. The highest BCUT2D eigenvalue weighted by atomic mass is 16.1. The Bertz CT molecular complexity index is 191. The van der Waals surface area contributed by atoms with Gasteiger partial charge < -0.3 is 0 Å². The second-order valence-electron chi connectivity index (χ2n) is 1.54. The van der Waals surface area contributed by atoms with Crippen molar-refractivity contribution in [1.29, 1.82) is 0 Å². The molecule has 0 unspecified atom stereocenters. The van der Waals surface area contributed by atoms with Crippen LogP contribution in [-0.4, -0.2) is 25.3 Å². The van der Waals surface area contributed by atoms with Gasteiger partial charge in [0.15, 0.2) is 6.29 Å². The third kappa shape index (κ3) is 1.60. The van der Waals surface area contributed by atoms with Gasteiger partial charge in [-0.25, -0.2) is 0 Å². The molecule has 0 bridgehead atoms. The zero-order valence-corrected chi connectivity index (χ0v) is 4.82. The Balaban J connectivity index is 2.78. The summed E-state index contributed by atoms with van der Waals surface area (Å²) in [6.07, 6.45) is 5.46. The lowest BCUT2D eigenvalue weighted by atomic mass is 10.4. The van der Waals surface area contributed by atoms with E-state index in [-0.39, 0.29) is 0 Å². The average Bonchev–Trinajstić information content (AvgIpc) is 2.13. The zero-order chi connectivity index (χ0) is 6.53. The maximum atomic E-state index is 10.1. The Kier molecular flexibility index (Phi) is 1.90. The average molecular weight is 122 g/mol. The summed E-state index contributed by atoms with van der Waals surface area (Å²) in [5.41, 5.74) is 0.427. The van der Waals surface area contributed by atoms with E-state index in [1.165, 1.54) is 0 Å². The van der Waals surface area contributed by atoms with Gasteiger partial charge in [-0.05, 0) is 6.08 Å². The van der Waals surface area contributed by atoms with E-state index in [2.05, 4.69) is 9.98 Å². The molecule has 0 atom stereocenters. The molecule has 3 heteroatoms. The van der Waals surface area contributed by atoms with Crippen LogP contribution in [0.25, 0.3) is 0 Å². The Morgan fingerprint density at radius 2 is 2.56 bits per heavy atom. The largest absolute Gasteiger partial charge is 0.296 e. The first-order valence-corrected chi connectivity index (χ1v) is 2.61. The van der Waals surface area contributed by atoms with Crippen LogP contribution in [0.1, 0.15) is 0 Å². The number of carbonyl (C=O) groups excluding carboxylic acids is 1. The van der Waals surface area contributed by atoms with E-state index < -0.39 is 0 Å². The molecule has 1 rings (SSSR count). The van der Waals surface area contributed by atoms with Gasteiger partial charge in [-0.1, -0.05) is 0 Å². The molecule has 0 fully saturated rings. The molecule has 0 aromatic carbocycles. The van der Waals surface area contributed by atoms with Crippen molar-refractivity contribution in [2.24, 2.45) is 9.98 Å². The summed E-state index contributed by atoms with van der Waals surface area (Å²) < 4.78 is 0. The van der Waals surface area contributed by atoms with Gasteiger partial charge in [-0.2, -0.15) is 0 Å². The highest BCUT2D eigenvalue weighted by molar-refractivity contribution is 5.87. The van der Waals surface area contributed by atoms with Crippen molar-refractivity contribution in [3.8, 4) is 0 Å². The van der Waals surface area contributed by atoms with Crippen LogP contribution in [0.2, 0.25) is 0 Å². The van der Waals surface area contributed by atoms with Gasteiger partial charge in [-0.3, -0.25) is 14.8 Å². The highest BCUT2D eigenvalue weighted by Crippen LogP contribution is 1.90. The molecule has 1 heterocycles. The van der Waals surface area contributed by atoms with Gasteiger partial charge in [-0.15, -0.1) is 0 Å². The standard InChI is InChI=1S/C6H6N2O/c9-5-6-1-2-7-3-4-8-6/h1-2,4-5H,3H2. The van der Waals surface area contributed by atoms with Crippen LogP contribution in [0.5, 0.6) is 0 Å². The second-order valence-corrected chi connectivity index (χ2v) is 1.54. The fraction of sp³-hybridized carbons (Fsp3) is 0.167. The molecule has 0 spiro atoms. The lowest BCUT2D eigenvalue weighted by Gasteiger charge is -1.79. The maximum Gasteiger partial charge on any atom is 0.168 e. The molecule has 0 N–H and O–H groups in total. The number of aliphatic imine (C=N–C) groups is 2. The molecule has 0 amide bonds. The molecule has 1 aliphatic heterocycles. The van der Waals surface area contributed by atoms with Crippen LogP contribution >= 0.6 is 0 Å². The Hall–Kier alpha value is -1.25. The van der Waals surface area contributed by atoms with E-state index in [9.17, 15) is 4.79 Å². The number of hydrogen-bond donors (Lipinski definition) is 0. The second kappa shape index (κ2) is 2.91. The van der Waals surface area contributed by atoms with E-state index in [1.54, 1.807) is 18.5 Å². The van der Waals surface area contributed by atoms with E-state index in [4.69, 9.17) is 0 Å². The summed E-state index contributed by atoms with van der Waals surface area (Å²) in [7, 11) is 0. The Morgan fingerprint density at radius 1 is 1.67 bits per heavy atom. The third-order valence-electron chi connectivity index (χ3n) is 0.899. The van der Waals surface area contributed by atoms with E-state index in [0.717, 1.165) is 0 Å². The third-order valence-corrected chi connectivity index (χ3v) is 0.899. The number of allylic oxidation sites excluding steroid dienone is 2. The summed E-state index contributed by atoms with van der Waals surface area (Å²) in [4.78, 5) is 17.7. The van der Waals surface area contributed by atoms with Gasteiger partial charge in [0, 0.05) is 12.4 Å². The lowest BCUT2D eigenvalue weighted by Crippen LogP contribution is -1.80. The minimum Gasteiger partial charge on any atom is -0.296 e. The Labute approximate surface area is 52.8 Å². The monoisotopic (exact) mass is 122 g/mol. The van der Waals surface area contributed by atoms with Crippen LogP contribution in [0, 0.1) is 0 Å². The molecule has 0 saturated carbocycles. The molecule has 3 nitrogen and oxygen atoms in total. The zero-order valence-electron chi connectivity index (χ0n) is 4.82. The van der Waals surface area contributed by atoms with Crippen molar-refractivity contribution in [3.05, 3.63) is 11.8 Å². The summed E-state index contributed by atoms with van der Waals surface area (Å²) in [6, 6.07) is 0. The molecule has 0 aromatic rings. The maximum absolute atomic E-state index is 10.1. The summed E-state index contributed by atoms with van der Waals surface area (Å²) in [6.45, 7) is 0.563. The molecule has 9 heavy (non-hydrogen) atoms. The number of rotatable bonds is 1. The fourth-order valence-corrected chi connectivity index (χ4v) is 0.496. The number of carbonyl (C=O) groups is 1. The van der Waals surface area contributed by atoms with Crippen molar-refractivity contribution >= 4 is 18.7 Å². The Morgan fingerprint density at radius 3 is 3.33 bits per heavy atom. The highest BCUT2D eigenvalue weighted by Gasteiger charge is 1.88. The summed E-state index contributed by atoms with van der Waals surface area (Å²) in [5.74, 6) is 0. The number of nitrogens with zero attached hydrogens (tertiary/aromatic N) is 2. The summed E-state index contributed by atoms with van der Waals surface area (Å²) in [5, 5.41) is 0. The predicted molar refractivity (Wildman–Crippen MR) is 36.0 cm³/mol. The molecule has 0 aromatic heterocycles. The van der Waals surface area contributed by atoms with Crippen LogP contribution in [0.3, 0.4) is 0 Å². The SMILES string of the molecule is O=CC1=CC=NCC=N1. The van der Waals surface area contributed by atoms with Gasteiger partial charge in [0.05, 0.1) is 6.54 Å². The topological polar surface area (TPSA) is 41.8 Å². The van der Waals surface area contributed by atoms with Crippen molar-refractivity contribution in [1.82, 2.24) is 0 Å². The lowest BCUT2D eigenvalue weighted by molar-refractivity contribution is -0.104. The first-order chi connectivity index (χ1) is 4.43. The van der Waals surface area contributed by atoms with Crippen molar-refractivity contribution < 1.29 is 4.79 Å². The summed E-state index contributed by atoms with van der Waals surface area (Å²) >= 11 is 0. The molecule has 0 saturated heterocycles. The van der Waals surface area contributed by atoms with Crippen LogP contribution in [0.4, 0.5) is 0 Å². The molecular formula is C6H6N2O. The van der Waals surface area contributed by atoms with Crippen LogP contribution < -0.4 is 0 Å². The van der Waals surface area contributed by atoms with Gasteiger partial charge in [0.1, 0.15) is 5.70 Å². The normalized spacial score (nSPS) is 16.7. The van der Waals surface area contributed by atoms with Crippen molar-refractivity contribution in [3.63, 3.8) is 0 Å². The predicted octanol–water partition coefficient (Wildman–Crippen LogP) is 0.224. The number of aldehydes is 1. The number of hydrogen-bond acceptors (Lipinski definition) is 3. The fourth-order valence-electron chi connectivity index (χ4n) is 0.496. The smallest absolute Gasteiger partial charge is 0.168 e. The van der Waals surface area contributed by atoms with E-state index in [1.807, 2.05) is 0 Å². The van der Waals surface area contributed by atoms with Crippen LogP contribution in [0.15, 0.2) is 21.8 Å². The van der Waals surface area contributed by atoms with Gasteiger partial charge in [0.25, 0.3) is 0 Å².